The summed E-state index contributed by atoms with van der Waals surface area (Å²) in [7, 11) is 0. The standard InChI is InChI=1S/C13H20N2/c1-5-8-9-13(4,7-3)11-10-14-12(6-2)15-11/h2,10H,5,7-9H2,1,3-4H3,(H,14,15). The zero-order valence-electron chi connectivity index (χ0n) is 9.93. The molecule has 2 nitrogen and oxygen atoms in total. The van der Waals surface area contributed by atoms with E-state index in [0.29, 0.717) is 5.82 Å². The molecule has 0 spiro atoms. The van der Waals surface area contributed by atoms with Gasteiger partial charge in [-0.05, 0) is 18.8 Å². The van der Waals surface area contributed by atoms with Crippen LogP contribution in [0.4, 0.5) is 0 Å². The number of unbranched alkanes of at least 4 members (excludes halogenated alkanes) is 1. The summed E-state index contributed by atoms with van der Waals surface area (Å²) in [5.41, 5.74) is 1.27. The highest BCUT2D eigenvalue weighted by Crippen LogP contribution is 2.31. The second kappa shape index (κ2) is 5.02. The van der Waals surface area contributed by atoms with Crippen molar-refractivity contribution in [3.63, 3.8) is 0 Å². The van der Waals surface area contributed by atoms with Gasteiger partial charge in [-0.1, -0.05) is 33.6 Å². The lowest BCUT2D eigenvalue weighted by molar-refractivity contribution is 0.394. The number of terminal acetylenes is 1. The summed E-state index contributed by atoms with van der Waals surface area (Å²) in [4.78, 5) is 7.46. The van der Waals surface area contributed by atoms with Crippen LogP contribution in [0.25, 0.3) is 0 Å². The molecule has 0 radical (unpaired) electrons. The Labute approximate surface area is 92.5 Å². The third-order valence-corrected chi connectivity index (χ3v) is 3.20. The van der Waals surface area contributed by atoms with Gasteiger partial charge >= 0.3 is 0 Å². The summed E-state index contributed by atoms with van der Waals surface area (Å²) >= 11 is 0. The molecule has 1 heterocycles. The Morgan fingerprint density at radius 3 is 2.73 bits per heavy atom. The molecule has 0 aliphatic heterocycles. The van der Waals surface area contributed by atoms with E-state index < -0.39 is 0 Å². The van der Waals surface area contributed by atoms with Gasteiger partial charge in [-0.15, -0.1) is 6.42 Å². The number of nitrogens with zero attached hydrogens (tertiary/aromatic N) is 1. The molecule has 0 saturated heterocycles. The minimum Gasteiger partial charge on any atom is -0.338 e. The fraction of sp³-hybridized carbons (Fsp3) is 0.615. The highest BCUT2D eigenvalue weighted by Gasteiger charge is 2.26. The van der Waals surface area contributed by atoms with E-state index in [1.165, 1.54) is 19.3 Å². The predicted octanol–water partition coefficient (Wildman–Crippen LogP) is 3.25. The molecule has 0 bridgehead atoms. The fourth-order valence-electron chi connectivity index (χ4n) is 1.76. The fourth-order valence-corrected chi connectivity index (χ4v) is 1.76. The van der Waals surface area contributed by atoms with Crippen molar-refractivity contribution >= 4 is 0 Å². The van der Waals surface area contributed by atoms with Crippen LogP contribution in [0.1, 0.15) is 58.0 Å². The van der Waals surface area contributed by atoms with Gasteiger partial charge in [0.15, 0.2) is 5.82 Å². The average molecular weight is 204 g/mol. The van der Waals surface area contributed by atoms with Crippen LogP contribution < -0.4 is 0 Å². The van der Waals surface area contributed by atoms with E-state index in [9.17, 15) is 0 Å². The summed E-state index contributed by atoms with van der Waals surface area (Å²) in [6.07, 6.45) is 12.0. The van der Waals surface area contributed by atoms with E-state index in [4.69, 9.17) is 6.42 Å². The molecule has 0 amide bonds. The molecule has 0 aliphatic rings. The van der Waals surface area contributed by atoms with Crippen molar-refractivity contribution in [3.8, 4) is 12.3 Å². The van der Waals surface area contributed by atoms with Gasteiger partial charge in [0.1, 0.15) is 0 Å². The molecule has 82 valence electrons. The molecule has 1 atom stereocenters. The highest BCUT2D eigenvalue weighted by molar-refractivity contribution is 5.22. The Balaban J connectivity index is 2.85. The second-order valence-electron chi connectivity index (χ2n) is 4.30. The molecule has 2 heteroatoms. The molecule has 1 unspecified atom stereocenters. The maximum atomic E-state index is 5.30. The van der Waals surface area contributed by atoms with Crippen molar-refractivity contribution in [1.29, 1.82) is 0 Å². The number of aromatic nitrogens is 2. The van der Waals surface area contributed by atoms with Crippen LogP contribution >= 0.6 is 0 Å². The molecule has 1 aromatic rings. The van der Waals surface area contributed by atoms with Crippen molar-refractivity contribution in [3.05, 3.63) is 17.7 Å². The van der Waals surface area contributed by atoms with Gasteiger partial charge in [-0.25, -0.2) is 4.98 Å². The van der Waals surface area contributed by atoms with Crippen LogP contribution in [0, 0.1) is 12.3 Å². The van der Waals surface area contributed by atoms with E-state index >= 15 is 0 Å². The van der Waals surface area contributed by atoms with Crippen molar-refractivity contribution in [2.45, 2.75) is 51.9 Å². The molecular formula is C13H20N2. The third kappa shape index (κ3) is 2.62. The zero-order valence-corrected chi connectivity index (χ0v) is 9.93. The predicted molar refractivity (Wildman–Crippen MR) is 63.7 cm³/mol. The van der Waals surface area contributed by atoms with E-state index in [-0.39, 0.29) is 5.41 Å². The van der Waals surface area contributed by atoms with E-state index in [1.807, 2.05) is 6.20 Å². The van der Waals surface area contributed by atoms with Gasteiger partial charge in [0.05, 0.1) is 5.69 Å². The Morgan fingerprint density at radius 1 is 1.53 bits per heavy atom. The maximum Gasteiger partial charge on any atom is 0.182 e. The lowest BCUT2D eigenvalue weighted by Gasteiger charge is -2.25. The van der Waals surface area contributed by atoms with Gasteiger partial charge in [0.2, 0.25) is 0 Å². The maximum absolute atomic E-state index is 5.30. The molecule has 0 fully saturated rings. The van der Waals surface area contributed by atoms with Crippen molar-refractivity contribution in [2.75, 3.05) is 0 Å². The molecular weight excluding hydrogens is 184 g/mol. The van der Waals surface area contributed by atoms with Crippen molar-refractivity contribution in [2.24, 2.45) is 0 Å². The quantitative estimate of drug-likeness (QED) is 0.733. The molecule has 0 aromatic carbocycles. The number of aromatic amines is 1. The molecule has 1 N–H and O–H groups in total. The van der Waals surface area contributed by atoms with Crippen LogP contribution in [0.15, 0.2) is 6.20 Å². The summed E-state index contributed by atoms with van der Waals surface area (Å²) in [5.74, 6) is 3.17. The number of hydrogen-bond acceptors (Lipinski definition) is 1. The largest absolute Gasteiger partial charge is 0.338 e. The van der Waals surface area contributed by atoms with Gasteiger partial charge in [-0.2, -0.15) is 0 Å². The van der Waals surface area contributed by atoms with Gasteiger partial charge in [-0.3, -0.25) is 0 Å². The first-order valence-electron chi connectivity index (χ1n) is 5.68. The number of rotatable bonds is 5. The van der Waals surface area contributed by atoms with Gasteiger partial charge < -0.3 is 4.98 Å². The minimum absolute atomic E-state index is 0.168. The Bertz CT molecular complexity index is 346. The lowest BCUT2D eigenvalue weighted by atomic mass is 9.80. The molecule has 0 saturated carbocycles. The second-order valence-corrected chi connectivity index (χ2v) is 4.30. The lowest BCUT2D eigenvalue weighted by Crippen LogP contribution is -2.21. The Kier molecular flexibility index (Phi) is 3.96. The SMILES string of the molecule is C#Cc1nc(C(C)(CC)CCCC)c[nH]1. The zero-order chi connectivity index (χ0) is 11.3. The highest BCUT2D eigenvalue weighted by atomic mass is 14.9. The summed E-state index contributed by atoms with van der Waals surface area (Å²) in [6.45, 7) is 6.69. The van der Waals surface area contributed by atoms with Gasteiger partial charge in [0.25, 0.3) is 0 Å². The Morgan fingerprint density at radius 2 is 2.27 bits per heavy atom. The molecule has 0 aliphatic carbocycles. The molecule has 1 rings (SSSR count). The summed E-state index contributed by atoms with van der Waals surface area (Å²) < 4.78 is 0. The van der Waals surface area contributed by atoms with Crippen LogP contribution in [-0.2, 0) is 5.41 Å². The number of H-pyrrole nitrogens is 1. The first-order chi connectivity index (χ1) is 7.16. The number of imidazole rings is 1. The number of nitrogens with one attached hydrogen (secondary N) is 1. The minimum atomic E-state index is 0.168. The van der Waals surface area contributed by atoms with E-state index in [0.717, 1.165) is 12.1 Å². The topological polar surface area (TPSA) is 28.7 Å². The van der Waals surface area contributed by atoms with Crippen LogP contribution in [0.3, 0.4) is 0 Å². The van der Waals surface area contributed by atoms with Crippen LogP contribution in [0.5, 0.6) is 0 Å². The summed E-state index contributed by atoms with van der Waals surface area (Å²) in [6, 6.07) is 0. The molecule has 1 aromatic heterocycles. The first-order valence-corrected chi connectivity index (χ1v) is 5.68. The number of hydrogen-bond donors (Lipinski definition) is 1. The average Bonchev–Trinajstić information content (AvgIpc) is 2.75. The third-order valence-electron chi connectivity index (χ3n) is 3.20. The summed E-state index contributed by atoms with van der Waals surface area (Å²) in [5, 5.41) is 0. The Hall–Kier alpha value is -1.23. The van der Waals surface area contributed by atoms with Crippen molar-refractivity contribution in [1.82, 2.24) is 9.97 Å². The molecule has 15 heavy (non-hydrogen) atoms. The van der Waals surface area contributed by atoms with Gasteiger partial charge in [0, 0.05) is 11.6 Å². The van der Waals surface area contributed by atoms with Crippen molar-refractivity contribution < 1.29 is 0 Å². The smallest absolute Gasteiger partial charge is 0.182 e. The first kappa shape index (κ1) is 11.8. The van der Waals surface area contributed by atoms with E-state index in [1.54, 1.807) is 0 Å². The monoisotopic (exact) mass is 204 g/mol. The van der Waals surface area contributed by atoms with Crippen LogP contribution in [0.2, 0.25) is 0 Å². The van der Waals surface area contributed by atoms with E-state index in [2.05, 4.69) is 36.7 Å². The normalized spacial score (nSPS) is 14.5. The van der Waals surface area contributed by atoms with Crippen LogP contribution in [-0.4, -0.2) is 9.97 Å².